The third kappa shape index (κ3) is 3.13. The Balaban J connectivity index is 1.50. The average Bonchev–Trinajstić information content (AvgIpc) is 3.29. The quantitative estimate of drug-likeness (QED) is 0.536. The van der Waals surface area contributed by atoms with E-state index in [-0.39, 0.29) is 0 Å². The van der Waals surface area contributed by atoms with Crippen molar-refractivity contribution in [1.82, 2.24) is 34.5 Å². The molecule has 3 heterocycles. The Kier molecular flexibility index (Phi) is 4.30. The van der Waals surface area contributed by atoms with Crippen molar-refractivity contribution >= 4 is 17.0 Å². The first kappa shape index (κ1) is 16.2. The molecular formula is C18H20N8. The summed E-state index contributed by atoms with van der Waals surface area (Å²) in [6, 6.07) is 10.5. The van der Waals surface area contributed by atoms with E-state index in [1.54, 1.807) is 12.4 Å². The molecule has 0 bridgehead atoms. The van der Waals surface area contributed by atoms with E-state index >= 15 is 0 Å². The van der Waals surface area contributed by atoms with E-state index in [1.807, 2.05) is 17.7 Å². The Hall–Kier alpha value is -3.29. The fourth-order valence-corrected chi connectivity index (χ4v) is 2.98. The van der Waals surface area contributed by atoms with Crippen LogP contribution in [0.15, 0.2) is 42.7 Å². The van der Waals surface area contributed by atoms with Crippen molar-refractivity contribution in [3.05, 3.63) is 54.1 Å². The van der Waals surface area contributed by atoms with Gasteiger partial charge in [-0.05, 0) is 24.8 Å². The summed E-state index contributed by atoms with van der Waals surface area (Å²) >= 11 is 0. The number of hydrogen-bond donors (Lipinski definition) is 1. The van der Waals surface area contributed by atoms with Crippen LogP contribution >= 0.6 is 0 Å². The number of benzene rings is 1. The highest BCUT2D eigenvalue weighted by Gasteiger charge is 2.16. The summed E-state index contributed by atoms with van der Waals surface area (Å²) in [7, 11) is 1.87. The van der Waals surface area contributed by atoms with Crippen LogP contribution in [0.5, 0.6) is 0 Å². The van der Waals surface area contributed by atoms with Crippen molar-refractivity contribution < 1.29 is 0 Å². The number of nitrogens with two attached hydrogens (primary N) is 1. The molecule has 8 heteroatoms. The summed E-state index contributed by atoms with van der Waals surface area (Å²) in [6.07, 6.45) is 7.14. The van der Waals surface area contributed by atoms with Crippen LogP contribution in [0.2, 0.25) is 0 Å². The molecule has 0 aliphatic carbocycles. The zero-order valence-electron chi connectivity index (χ0n) is 14.6. The van der Waals surface area contributed by atoms with E-state index in [0.29, 0.717) is 22.9 Å². The fraction of sp³-hybridized carbons (Fsp3) is 0.278. The highest BCUT2D eigenvalue weighted by Crippen LogP contribution is 2.20. The largest absolute Gasteiger partial charge is 0.382 e. The molecule has 0 fully saturated rings. The normalized spacial score (nSPS) is 11.3. The van der Waals surface area contributed by atoms with Crippen molar-refractivity contribution in [2.45, 2.75) is 25.7 Å². The van der Waals surface area contributed by atoms with Crippen LogP contribution in [0.1, 0.15) is 24.2 Å². The molecule has 4 rings (SSSR count). The topological polar surface area (TPSA) is 100 Å². The lowest BCUT2D eigenvalue weighted by Gasteiger charge is -2.04. The third-order valence-electron chi connectivity index (χ3n) is 4.32. The molecule has 8 nitrogen and oxygen atoms in total. The second kappa shape index (κ2) is 6.91. The van der Waals surface area contributed by atoms with E-state index in [1.165, 1.54) is 10.4 Å². The van der Waals surface area contributed by atoms with Gasteiger partial charge < -0.3 is 5.73 Å². The fourth-order valence-electron chi connectivity index (χ4n) is 2.98. The predicted octanol–water partition coefficient (Wildman–Crippen LogP) is 2.09. The summed E-state index contributed by atoms with van der Waals surface area (Å²) in [5.41, 5.74) is 8.74. The highest BCUT2D eigenvalue weighted by atomic mass is 15.5. The smallest absolute Gasteiger partial charge is 0.251 e. The second-order valence-corrected chi connectivity index (χ2v) is 6.18. The van der Waals surface area contributed by atoms with E-state index in [9.17, 15) is 0 Å². The number of nitrogen functional groups attached to an aromatic ring is 1. The van der Waals surface area contributed by atoms with Gasteiger partial charge in [-0.2, -0.15) is 10.2 Å². The van der Waals surface area contributed by atoms with Gasteiger partial charge in [-0.25, -0.2) is 15.0 Å². The summed E-state index contributed by atoms with van der Waals surface area (Å²) in [4.78, 5) is 15.0. The van der Waals surface area contributed by atoms with Crippen LogP contribution in [0.4, 0.5) is 5.82 Å². The van der Waals surface area contributed by atoms with Crippen LogP contribution in [0.3, 0.4) is 0 Å². The molecule has 0 saturated carbocycles. The van der Waals surface area contributed by atoms with Crippen LogP contribution in [0, 0.1) is 0 Å². The number of imidazole rings is 1. The lowest BCUT2D eigenvalue weighted by molar-refractivity contribution is 0.673. The minimum Gasteiger partial charge on any atom is -0.382 e. The first-order chi connectivity index (χ1) is 12.7. The lowest BCUT2D eigenvalue weighted by Crippen LogP contribution is -2.07. The maximum Gasteiger partial charge on any atom is 0.251 e. The first-order valence-corrected chi connectivity index (χ1v) is 8.62. The number of fused-ring (bicyclic) bond motifs is 1. The Morgan fingerprint density at radius 1 is 0.923 bits per heavy atom. The Morgan fingerprint density at radius 2 is 1.65 bits per heavy atom. The van der Waals surface area contributed by atoms with Gasteiger partial charge in [0.1, 0.15) is 5.82 Å². The van der Waals surface area contributed by atoms with Crippen LogP contribution in [0.25, 0.3) is 17.1 Å². The maximum atomic E-state index is 6.11. The summed E-state index contributed by atoms with van der Waals surface area (Å²) in [5, 5.41) is 8.23. The number of nitrogens with zero attached hydrogens (tertiary/aromatic N) is 7. The van der Waals surface area contributed by atoms with E-state index in [2.05, 4.69) is 49.4 Å². The Morgan fingerprint density at radius 3 is 2.42 bits per heavy atom. The molecule has 3 aromatic heterocycles. The van der Waals surface area contributed by atoms with Crippen molar-refractivity contribution in [3.8, 4) is 5.95 Å². The minimum atomic E-state index is 0.391. The van der Waals surface area contributed by atoms with Gasteiger partial charge in [0.05, 0.1) is 12.4 Å². The van der Waals surface area contributed by atoms with Crippen LogP contribution in [-0.4, -0.2) is 34.5 Å². The van der Waals surface area contributed by atoms with Gasteiger partial charge in [-0.1, -0.05) is 30.3 Å². The average molecular weight is 348 g/mol. The van der Waals surface area contributed by atoms with Gasteiger partial charge in [0, 0.05) is 13.5 Å². The number of aromatic nitrogens is 7. The molecule has 1 aromatic carbocycles. The number of anilines is 1. The molecule has 0 aliphatic heterocycles. The maximum absolute atomic E-state index is 6.11. The number of unbranched alkanes of at least 4 members (excludes halogenated alkanes) is 1. The number of aryl methyl sites for hydroxylation is 3. The Bertz CT molecular complexity index is 1000. The zero-order valence-corrected chi connectivity index (χ0v) is 14.6. The van der Waals surface area contributed by atoms with Crippen molar-refractivity contribution in [2.75, 3.05) is 5.73 Å². The van der Waals surface area contributed by atoms with Crippen molar-refractivity contribution in [3.63, 3.8) is 0 Å². The number of hydrogen-bond acceptors (Lipinski definition) is 6. The molecule has 132 valence electrons. The molecule has 0 saturated heterocycles. The SMILES string of the molecule is Cn1c(-n2nccn2)nc2c(N)nc(CCCCc3ccccc3)nc21. The van der Waals surface area contributed by atoms with Crippen LogP contribution in [-0.2, 0) is 19.9 Å². The highest BCUT2D eigenvalue weighted by molar-refractivity contribution is 5.83. The van der Waals surface area contributed by atoms with Gasteiger partial charge in [0.15, 0.2) is 17.0 Å². The summed E-state index contributed by atoms with van der Waals surface area (Å²) in [6.45, 7) is 0. The lowest BCUT2D eigenvalue weighted by atomic mass is 10.1. The van der Waals surface area contributed by atoms with E-state index < -0.39 is 0 Å². The number of rotatable bonds is 6. The first-order valence-electron chi connectivity index (χ1n) is 8.62. The summed E-state index contributed by atoms with van der Waals surface area (Å²) < 4.78 is 1.83. The molecule has 0 radical (unpaired) electrons. The molecule has 0 unspecified atom stereocenters. The minimum absolute atomic E-state index is 0.391. The molecule has 4 aromatic rings. The van der Waals surface area contributed by atoms with Crippen LogP contribution < -0.4 is 5.73 Å². The molecule has 26 heavy (non-hydrogen) atoms. The third-order valence-corrected chi connectivity index (χ3v) is 4.32. The molecular weight excluding hydrogens is 328 g/mol. The van der Waals surface area contributed by atoms with Gasteiger partial charge in [-0.3, -0.25) is 4.57 Å². The van der Waals surface area contributed by atoms with Gasteiger partial charge >= 0.3 is 0 Å². The standard InChI is InChI=1S/C18H20N8/c1-25-17-15(24-18(25)26-20-11-12-21-26)16(19)22-14(23-17)10-6-5-9-13-7-3-2-4-8-13/h2-4,7-8,11-12H,5-6,9-10H2,1H3,(H2,19,22,23). The van der Waals surface area contributed by atoms with Crippen molar-refractivity contribution in [2.24, 2.45) is 7.05 Å². The predicted molar refractivity (Wildman–Crippen MR) is 98.7 cm³/mol. The molecule has 0 atom stereocenters. The molecule has 0 spiro atoms. The van der Waals surface area contributed by atoms with Gasteiger partial charge in [0.25, 0.3) is 5.95 Å². The van der Waals surface area contributed by atoms with E-state index in [0.717, 1.165) is 31.5 Å². The second-order valence-electron chi connectivity index (χ2n) is 6.18. The monoisotopic (exact) mass is 348 g/mol. The van der Waals surface area contributed by atoms with Crippen molar-refractivity contribution in [1.29, 1.82) is 0 Å². The molecule has 2 N–H and O–H groups in total. The zero-order chi connectivity index (χ0) is 17.9. The molecule has 0 amide bonds. The van der Waals surface area contributed by atoms with Gasteiger partial charge in [0.2, 0.25) is 0 Å². The van der Waals surface area contributed by atoms with Gasteiger partial charge in [-0.15, -0.1) is 4.80 Å². The molecule has 0 aliphatic rings. The summed E-state index contributed by atoms with van der Waals surface area (Å²) in [5.74, 6) is 1.69. The van der Waals surface area contributed by atoms with E-state index in [4.69, 9.17) is 5.73 Å². The Labute approximate surface area is 150 Å².